The van der Waals surface area contributed by atoms with Gasteiger partial charge in [-0.05, 0) is 74.2 Å². The highest BCUT2D eigenvalue weighted by molar-refractivity contribution is 5.92. The second kappa shape index (κ2) is 11.9. The summed E-state index contributed by atoms with van der Waals surface area (Å²) in [4.78, 5) is 71.8. The molecule has 0 bridgehead atoms. The Kier molecular flexibility index (Phi) is 8.99. The highest BCUT2D eigenvalue weighted by atomic mass is 16.5. The molecule has 8 atom stereocenters. The number of ketones is 2. The van der Waals surface area contributed by atoms with Gasteiger partial charge in [-0.3, -0.25) is 24.0 Å². The number of hydrogen-bond acceptors (Lipinski definition) is 9. The molecular formula is C30H41NO11. The maximum Gasteiger partial charge on any atom is 0.326 e. The van der Waals surface area contributed by atoms with Crippen LogP contribution < -0.4 is 5.32 Å². The number of aliphatic carboxylic acids is 2. The number of fused-ring (bicyclic) bond motifs is 5. The summed E-state index contributed by atoms with van der Waals surface area (Å²) >= 11 is 0. The molecule has 0 aromatic heterocycles. The number of carbonyl (C=O) groups excluding carboxylic acids is 4. The maximum absolute atomic E-state index is 13.4. The van der Waals surface area contributed by atoms with E-state index in [1.54, 1.807) is 6.08 Å². The zero-order valence-electron chi connectivity index (χ0n) is 24.1. The molecule has 5 N–H and O–H groups in total. The van der Waals surface area contributed by atoms with Crippen LogP contribution in [0.2, 0.25) is 0 Å². The number of nitrogens with one attached hydrogen (secondary N) is 1. The summed E-state index contributed by atoms with van der Waals surface area (Å²) in [7, 11) is 0. The fourth-order valence-corrected chi connectivity index (χ4v) is 8.50. The van der Waals surface area contributed by atoms with Crippen molar-refractivity contribution in [2.75, 3.05) is 6.61 Å². The summed E-state index contributed by atoms with van der Waals surface area (Å²) in [5.74, 6) is -4.86. The van der Waals surface area contributed by atoms with Crippen LogP contribution in [0.15, 0.2) is 11.6 Å². The lowest BCUT2D eigenvalue weighted by Gasteiger charge is -2.60. The number of rotatable bonds is 11. The molecule has 4 aliphatic rings. The zero-order valence-corrected chi connectivity index (χ0v) is 24.1. The first-order chi connectivity index (χ1) is 19.6. The second-order valence-electron chi connectivity index (χ2n) is 13.0. The van der Waals surface area contributed by atoms with E-state index in [1.165, 1.54) is 0 Å². The Balaban J connectivity index is 1.34. The van der Waals surface area contributed by atoms with E-state index in [2.05, 4.69) is 12.2 Å². The third-order valence-corrected chi connectivity index (χ3v) is 10.7. The summed E-state index contributed by atoms with van der Waals surface area (Å²) in [6.07, 6.45) is 2.91. The molecule has 3 fully saturated rings. The molecule has 12 nitrogen and oxygen atoms in total. The van der Waals surface area contributed by atoms with Crippen LogP contribution in [0, 0.1) is 28.6 Å². The zero-order chi connectivity index (χ0) is 31.0. The molecule has 1 amide bonds. The van der Waals surface area contributed by atoms with Gasteiger partial charge in [0.2, 0.25) is 11.7 Å². The summed E-state index contributed by atoms with van der Waals surface area (Å²) in [5, 5.41) is 43.3. The Bertz CT molecular complexity index is 1200. The Hall–Kier alpha value is -3.12. The fraction of sp³-hybridized carbons (Fsp3) is 0.733. The fourth-order valence-electron chi connectivity index (χ4n) is 8.50. The molecule has 3 saturated carbocycles. The number of carbonyl (C=O) groups is 6. The van der Waals surface area contributed by atoms with Crippen LogP contribution in [0.5, 0.6) is 0 Å². The van der Waals surface area contributed by atoms with E-state index < -0.39 is 78.6 Å². The van der Waals surface area contributed by atoms with Crippen LogP contribution in [0.1, 0.15) is 84.5 Å². The van der Waals surface area contributed by atoms with Crippen molar-refractivity contribution < 1.29 is 53.9 Å². The molecule has 0 heterocycles. The lowest BCUT2D eigenvalue weighted by atomic mass is 9.45. The molecule has 42 heavy (non-hydrogen) atoms. The topological polar surface area (TPSA) is 205 Å². The average molecular weight is 592 g/mol. The van der Waals surface area contributed by atoms with Crippen LogP contribution in [-0.4, -0.2) is 80.2 Å². The number of carboxylic acids is 2. The molecule has 0 unspecified atom stereocenters. The predicted octanol–water partition coefficient (Wildman–Crippen LogP) is 1.55. The number of allylic oxidation sites excluding steroid dienone is 1. The van der Waals surface area contributed by atoms with Crippen molar-refractivity contribution in [3.63, 3.8) is 0 Å². The van der Waals surface area contributed by atoms with Gasteiger partial charge >= 0.3 is 17.9 Å². The van der Waals surface area contributed by atoms with Crippen LogP contribution >= 0.6 is 0 Å². The number of hydrogen-bond donors (Lipinski definition) is 5. The minimum atomic E-state index is -1.81. The van der Waals surface area contributed by atoms with E-state index in [4.69, 9.17) is 14.9 Å². The van der Waals surface area contributed by atoms with Gasteiger partial charge in [-0.25, -0.2) is 4.79 Å². The molecular weight excluding hydrogens is 550 g/mol. The highest BCUT2D eigenvalue weighted by Crippen LogP contribution is 2.67. The molecule has 0 aliphatic heterocycles. The third kappa shape index (κ3) is 5.75. The van der Waals surface area contributed by atoms with E-state index in [9.17, 15) is 39.0 Å². The van der Waals surface area contributed by atoms with Crippen molar-refractivity contribution in [2.45, 2.75) is 102 Å². The van der Waals surface area contributed by atoms with E-state index in [0.717, 1.165) is 18.4 Å². The molecule has 0 aromatic carbocycles. The van der Waals surface area contributed by atoms with Crippen LogP contribution in [-0.2, 0) is 33.5 Å². The lowest BCUT2D eigenvalue weighted by molar-refractivity contribution is -0.184. The minimum Gasteiger partial charge on any atom is -0.481 e. The average Bonchev–Trinajstić information content (AvgIpc) is 3.19. The van der Waals surface area contributed by atoms with Gasteiger partial charge in [0.1, 0.15) is 11.6 Å². The Labute approximate surface area is 243 Å². The number of carboxylic acid groups (broad SMARTS) is 2. The molecule has 0 saturated heterocycles. The van der Waals surface area contributed by atoms with Gasteiger partial charge in [-0.15, -0.1) is 0 Å². The number of Topliss-reactive ketones (excluding diaryl/α,β-unsaturated/α-hetero) is 1. The second-order valence-corrected chi connectivity index (χ2v) is 13.0. The Morgan fingerprint density at radius 2 is 1.76 bits per heavy atom. The Morgan fingerprint density at radius 1 is 1.05 bits per heavy atom. The van der Waals surface area contributed by atoms with Crippen molar-refractivity contribution in [1.29, 1.82) is 0 Å². The van der Waals surface area contributed by atoms with Crippen molar-refractivity contribution in [3.05, 3.63) is 11.6 Å². The maximum atomic E-state index is 13.4. The monoisotopic (exact) mass is 591 g/mol. The largest absolute Gasteiger partial charge is 0.481 e. The summed E-state index contributed by atoms with van der Waals surface area (Å²) in [6.45, 7) is 3.25. The van der Waals surface area contributed by atoms with Crippen molar-refractivity contribution >= 4 is 35.4 Å². The molecule has 4 rings (SSSR count). The van der Waals surface area contributed by atoms with Crippen molar-refractivity contribution in [3.8, 4) is 0 Å². The molecule has 0 spiro atoms. The normalized spacial score (nSPS) is 36.0. The standard InChI is InChI=1S/C30H41NO11/c1-28-11-9-17(32)13-16(28)3-4-18-19-10-12-30(41,29(19,2)14-21(33)26(18)28)22(34)15-42-25(38)8-6-23(35)31-20(27(39)40)5-7-24(36)37/h13,18-21,26,33,41H,3-12,14-15H2,1-2H3,(H,31,35)(H,36,37)(H,39,40)/t18-,19-,20-,21-,26+,28-,29-,30-/m0/s1. The highest BCUT2D eigenvalue weighted by Gasteiger charge is 2.68. The van der Waals surface area contributed by atoms with Gasteiger partial charge in [0.25, 0.3) is 0 Å². The van der Waals surface area contributed by atoms with Crippen LogP contribution in [0.4, 0.5) is 0 Å². The molecule has 12 heteroatoms. The van der Waals surface area contributed by atoms with Gasteiger partial charge in [-0.2, -0.15) is 0 Å². The first-order valence-electron chi connectivity index (χ1n) is 14.7. The van der Waals surface area contributed by atoms with Gasteiger partial charge in [0, 0.05) is 24.7 Å². The third-order valence-electron chi connectivity index (χ3n) is 10.7. The number of esters is 1. The number of aliphatic hydroxyl groups is 2. The minimum absolute atomic E-state index is 0.0291. The van der Waals surface area contributed by atoms with E-state index in [-0.39, 0.29) is 48.2 Å². The van der Waals surface area contributed by atoms with Crippen LogP contribution in [0.25, 0.3) is 0 Å². The van der Waals surface area contributed by atoms with E-state index in [1.807, 2.05) is 6.92 Å². The Morgan fingerprint density at radius 3 is 2.43 bits per heavy atom. The first-order valence-corrected chi connectivity index (χ1v) is 14.7. The molecule has 0 aromatic rings. The summed E-state index contributed by atoms with van der Waals surface area (Å²) < 4.78 is 5.09. The van der Waals surface area contributed by atoms with E-state index in [0.29, 0.717) is 19.3 Å². The van der Waals surface area contributed by atoms with E-state index >= 15 is 0 Å². The summed E-state index contributed by atoms with van der Waals surface area (Å²) in [6, 6.07) is -1.42. The molecule has 4 aliphatic carbocycles. The predicted molar refractivity (Wildman–Crippen MR) is 145 cm³/mol. The first kappa shape index (κ1) is 31.8. The molecule has 0 radical (unpaired) electrons. The lowest BCUT2D eigenvalue weighted by Crippen LogP contribution is -2.62. The van der Waals surface area contributed by atoms with Gasteiger partial charge in [-0.1, -0.05) is 19.4 Å². The number of ether oxygens (including phenoxy) is 1. The van der Waals surface area contributed by atoms with Crippen LogP contribution in [0.3, 0.4) is 0 Å². The van der Waals surface area contributed by atoms with Crippen molar-refractivity contribution in [1.82, 2.24) is 5.32 Å². The number of amides is 1. The smallest absolute Gasteiger partial charge is 0.326 e. The quantitative estimate of drug-likeness (QED) is 0.218. The van der Waals surface area contributed by atoms with Gasteiger partial charge in [0.15, 0.2) is 12.4 Å². The summed E-state index contributed by atoms with van der Waals surface area (Å²) in [5.41, 5.74) is -1.95. The van der Waals surface area contributed by atoms with Gasteiger partial charge < -0.3 is 30.5 Å². The number of aliphatic hydroxyl groups excluding tert-OH is 1. The SMILES string of the molecule is C[C@]12CCC(=O)C=C1CC[C@@H]1[C@@H]2[C@@H](O)C[C@@]2(C)[C@H]1CC[C@]2(O)C(=O)COC(=O)CCC(=O)N[C@@H](CCC(=O)O)C(=O)O. The van der Waals surface area contributed by atoms with Crippen molar-refractivity contribution in [2.24, 2.45) is 28.6 Å². The molecule has 232 valence electrons. The van der Waals surface area contributed by atoms with Gasteiger partial charge in [0.05, 0.1) is 12.5 Å².